The van der Waals surface area contributed by atoms with E-state index in [2.05, 4.69) is 31.6 Å². The molecule has 1 saturated heterocycles. The molecule has 4 rings (SSSR count). The molecule has 0 amide bonds. The van der Waals surface area contributed by atoms with Crippen LogP contribution in [0.5, 0.6) is 0 Å². The minimum atomic E-state index is 0.371. The van der Waals surface area contributed by atoms with E-state index in [1.807, 2.05) is 18.2 Å². The van der Waals surface area contributed by atoms with Crippen LogP contribution in [0, 0.1) is 0 Å². The lowest BCUT2D eigenvalue weighted by Gasteiger charge is -2.28. The van der Waals surface area contributed by atoms with Gasteiger partial charge in [0.25, 0.3) is 0 Å². The van der Waals surface area contributed by atoms with Gasteiger partial charge >= 0.3 is 0 Å². The van der Waals surface area contributed by atoms with Crippen molar-refractivity contribution in [1.82, 2.24) is 15.2 Å². The number of nitrogens with one attached hydrogen (secondary N) is 2. The number of anilines is 1. The standard InChI is InChI=1S/C15H19N5OS/c1-2-6-13-12(5-1)18-15(22-13)19-14-16-9-20(10-17-14)8-11-4-3-7-21-11/h1-2,5-6,11H,3-4,7-10H2,(H2,16,17,18,19)/t11-/m1/s1. The van der Waals surface area contributed by atoms with E-state index < -0.39 is 0 Å². The molecule has 2 aromatic rings. The van der Waals surface area contributed by atoms with Gasteiger partial charge in [-0.1, -0.05) is 23.5 Å². The van der Waals surface area contributed by atoms with Gasteiger partial charge in [0.1, 0.15) is 0 Å². The van der Waals surface area contributed by atoms with Gasteiger partial charge in [0.15, 0.2) is 11.1 Å². The van der Waals surface area contributed by atoms with Crippen molar-refractivity contribution in [3.8, 4) is 0 Å². The predicted molar refractivity (Wildman–Crippen MR) is 89.2 cm³/mol. The van der Waals surface area contributed by atoms with Crippen molar-refractivity contribution in [1.29, 1.82) is 0 Å². The van der Waals surface area contributed by atoms with Gasteiger partial charge in [-0.15, -0.1) is 0 Å². The van der Waals surface area contributed by atoms with E-state index in [0.29, 0.717) is 12.8 Å². The third-order valence-electron chi connectivity index (χ3n) is 3.90. The maximum absolute atomic E-state index is 5.67. The number of para-hydroxylation sites is 1. The number of thiazole rings is 1. The first-order valence-corrected chi connectivity index (χ1v) is 8.43. The molecule has 0 unspecified atom stereocenters. The summed E-state index contributed by atoms with van der Waals surface area (Å²) in [6, 6.07) is 8.14. The van der Waals surface area contributed by atoms with Crippen molar-refractivity contribution < 1.29 is 4.74 Å². The Morgan fingerprint density at radius 3 is 3.14 bits per heavy atom. The second-order valence-corrected chi connectivity index (χ2v) is 6.61. The van der Waals surface area contributed by atoms with Crippen LogP contribution in [-0.4, -0.2) is 48.4 Å². The highest BCUT2D eigenvalue weighted by Gasteiger charge is 2.21. The van der Waals surface area contributed by atoms with Crippen molar-refractivity contribution in [2.45, 2.75) is 18.9 Å². The Morgan fingerprint density at radius 2 is 2.36 bits per heavy atom. The van der Waals surface area contributed by atoms with E-state index >= 15 is 0 Å². The number of guanidine groups is 1. The van der Waals surface area contributed by atoms with Crippen LogP contribution in [0.3, 0.4) is 0 Å². The molecule has 6 nitrogen and oxygen atoms in total. The topological polar surface area (TPSA) is 61.8 Å². The molecule has 1 atom stereocenters. The number of aromatic nitrogens is 1. The Morgan fingerprint density at radius 1 is 1.41 bits per heavy atom. The van der Waals surface area contributed by atoms with Gasteiger partial charge in [0.05, 0.1) is 29.7 Å². The molecule has 22 heavy (non-hydrogen) atoms. The van der Waals surface area contributed by atoms with E-state index in [-0.39, 0.29) is 0 Å². The maximum atomic E-state index is 5.67. The van der Waals surface area contributed by atoms with Gasteiger partial charge in [-0.25, -0.2) is 9.98 Å². The molecule has 7 heteroatoms. The molecule has 2 aliphatic heterocycles. The van der Waals surface area contributed by atoms with Gasteiger partial charge in [-0.2, -0.15) is 0 Å². The van der Waals surface area contributed by atoms with Crippen LogP contribution in [0.4, 0.5) is 5.13 Å². The van der Waals surface area contributed by atoms with E-state index in [1.165, 1.54) is 11.1 Å². The lowest BCUT2D eigenvalue weighted by Crippen LogP contribution is -2.47. The molecule has 0 bridgehead atoms. The second-order valence-electron chi connectivity index (χ2n) is 5.58. The smallest absolute Gasteiger partial charge is 0.199 e. The first-order chi connectivity index (χ1) is 10.9. The minimum absolute atomic E-state index is 0.371. The van der Waals surface area contributed by atoms with E-state index in [1.54, 1.807) is 11.3 Å². The van der Waals surface area contributed by atoms with Crippen LogP contribution in [0.15, 0.2) is 29.3 Å². The lowest BCUT2D eigenvalue weighted by atomic mass is 10.2. The summed E-state index contributed by atoms with van der Waals surface area (Å²) in [6.45, 7) is 3.33. The highest BCUT2D eigenvalue weighted by Crippen LogP contribution is 2.25. The highest BCUT2D eigenvalue weighted by atomic mass is 32.1. The fourth-order valence-corrected chi connectivity index (χ4v) is 3.64. The Hall–Kier alpha value is -1.70. The normalized spacial score (nSPS) is 22.5. The molecular weight excluding hydrogens is 298 g/mol. The molecule has 2 N–H and O–H groups in total. The SMILES string of the molecule is c1ccc2sc(NC3=NCN(C[C@H]4CCCO4)CN3)nc2c1. The minimum Gasteiger partial charge on any atom is -0.377 e. The molecular formula is C15H19N5OS. The zero-order valence-electron chi connectivity index (χ0n) is 12.3. The van der Waals surface area contributed by atoms with Crippen molar-refractivity contribution in [2.24, 2.45) is 4.99 Å². The Kier molecular flexibility index (Phi) is 3.92. The summed E-state index contributed by atoms with van der Waals surface area (Å²) in [5.41, 5.74) is 1.02. The zero-order valence-corrected chi connectivity index (χ0v) is 13.1. The number of benzene rings is 1. The summed E-state index contributed by atoms with van der Waals surface area (Å²) < 4.78 is 6.85. The molecule has 0 radical (unpaired) electrons. The zero-order chi connectivity index (χ0) is 14.8. The lowest BCUT2D eigenvalue weighted by molar-refractivity contribution is 0.0715. The van der Waals surface area contributed by atoms with E-state index in [0.717, 1.165) is 42.8 Å². The maximum Gasteiger partial charge on any atom is 0.199 e. The molecule has 0 saturated carbocycles. The van der Waals surface area contributed by atoms with Crippen molar-refractivity contribution in [2.75, 3.05) is 31.8 Å². The fourth-order valence-electron chi connectivity index (χ4n) is 2.77. The molecule has 116 valence electrons. The Balaban J connectivity index is 1.36. The van der Waals surface area contributed by atoms with Crippen LogP contribution in [0.25, 0.3) is 10.2 Å². The first-order valence-electron chi connectivity index (χ1n) is 7.62. The van der Waals surface area contributed by atoms with Crippen LogP contribution >= 0.6 is 11.3 Å². The van der Waals surface area contributed by atoms with Gasteiger partial charge < -0.3 is 15.4 Å². The van der Waals surface area contributed by atoms with Gasteiger partial charge in [-0.05, 0) is 25.0 Å². The van der Waals surface area contributed by atoms with Crippen LogP contribution in [-0.2, 0) is 4.74 Å². The summed E-state index contributed by atoms with van der Waals surface area (Å²) in [6.07, 6.45) is 2.71. The van der Waals surface area contributed by atoms with Crippen molar-refractivity contribution >= 4 is 32.6 Å². The van der Waals surface area contributed by atoms with E-state index in [9.17, 15) is 0 Å². The van der Waals surface area contributed by atoms with Gasteiger partial charge in [0.2, 0.25) is 0 Å². The predicted octanol–water partition coefficient (Wildman–Crippen LogP) is 2.06. The average Bonchev–Trinajstić information content (AvgIpc) is 3.18. The summed E-state index contributed by atoms with van der Waals surface area (Å²) in [5, 5.41) is 7.46. The Bertz CT molecular complexity index is 646. The van der Waals surface area contributed by atoms with Gasteiger partial charge in [0, 0.05) is 13.2 Å². The van der Waals surface area contributed by atoms with Crippen molar-refractivity contribution in [3.05, 3.63) is 24.3 Å². The summed E-state index contributed by atoms with van der Waals surface area (Å²) >= 11 is 1.64. The summed E-state index contributed by atoms with van der Waals surface area (Å²) in [7, 11) is 0. The second kappa shape index (κ2) is 6.20. The van der Waals surface area contributed by atoms with Crippen molar-refractivity contribution in [3.63, 3.8) is 0 Å². The third-order valence-corrected chi connectivity index (χ3v) is 4.86. The fraction of sp³-hybridized carbons (Fsp3) is 0.467. The molecule has 3 heterocycles. The van der Waals surface area contributed by atoms with Gasteiger partial charge in [-0.3, -0.25) is 4.90 Å². The number of aliphatic imine (C=N–C) groups is 1. The molecule has 1 fully saturated rings. The molecule has 1 aromatic carbocycles. The number of hydrogen-bond donors (Lipinski definition) is 2. The first kappa shape index (κ1) is 13.9. The quantitative estimate of drug-likeness (QED) is 0.907. The molecule has 0 aliphatic carbocycles. The molecule has 1 aromatic heterocycles. The highest BCUT2D eigenvalue weighted by molar-refractivity contribution is 7.22. The molecule has 2 aliphatic rings. The van der Waals surface area contributed by atoms with Crippen LogP contribution in [0.1, 0.15) is 12.8 Å². The monoisotopic (exact) mass is 317 g/mol. The number of fused-ring (bicyclic) bond motifs is 1. The number of rotatable bonds is 3. The van der Waals surface area contributed by atoms with Crippen LogP contribution < -0.4 is 10.6 Å². The molecule has 0 spiro atoms. The number of hydrogen-bond acceptors (Lipinski definition) is 7. The number of ether oxygens (including phenoxy) is 1. The summed E-state index contributed by atoms with van der Waals surface area (Å²) in [5.74, 6) is 0.794. The van der Waals surface area contributed by atoms with Crippen LogP contribution in [0.2, 0.25) is 0 Å². The third kappa shape index (κ3) is 3.06. The Labute approximate surface area is 133 Å². The summed E-state index contributed by atoms with van der Waals surface area (Å²) in [4.78, 5) is 11.4. The average molecular weight is 317 g/mol. The largest absolute Gasteiger partial charge is 0.377 e. The van der Waals surface area contributed by atoms with E-state index in [4.69, 9.17) is 4.74 Å². The number of nitrogens with zero attached hydrogens (tertiary/aromatic N) is 3.